The first-order valence-electron chi connectivity index (χ1n) is 9.52. The third kappa shape index (κ3) is 5.08. The Bertz CT molecular complexity index is 980. The monoisotopic (exact) mass is 454 g/mol. The van der Waals surface area contributed by atoms with E-state index in [1.807, 2.05) is 0 Å². The van der Waals surface area contributed by atoms with Crippen molar-refractivity contribution in [3.63, 3.8) is 0 Å². The number of fused-ring (bicyclic) bond motifs is 1. The summed E-state index contributed by atoms with van der Waals surface area (Å²) in [5.41, 5.74) is 0.586. The molecule has 32 heavy (non-hydrogen) atoms. The van der Waals surface area contributed by atoms with Crippen LogP contribution >= 0.6 is 0 Å². The van der Waals surface area contributed by atoms with Crippen molar-refractivity contribution in [2.75, 3.05) is 23.9 Å². The maximum atomic E-state index is 13.1. The van der Waals surface area contributed by atoms with Crippen LogP contribution in [0.3, 0.4) is 0 Å². The molecule has 172 valence electrons. The Hall–Kier alpha value is -3.38. The second-order valence-corrected chi connectivity index (χ2v) is 6.91. The number of pyridine rings is 1. The number of anilines is 2. The normalized spacial score (nSPS) is 16.4. The van der Waals surface area contributed by atoms with E-state index in [0.717, 1.165) is 17.0 Å². The van der Waals surface area contributed by atoms with E-state index in [4.69, 9.17) is 4.74 Å². The SMILES string of the molecule is CCC(O)(OC)C(NC(=O)N1CC(=O)Nc2cccnc21)c1ccc(OC(F)(F)F)cc1. The molecule has 0 radical (unpaired) electrons. The molecule has 12 heteroatoms. The van der Waals surface area contributed by atoms with Crippen molar-refractivity contribution in [1.82, 2.24) is 10.3 Å². The fraction of sp³-hybridized carbons (Fsp3) is 0.350. The van der Waals surface area contributed by atoms with E-state index in [0.29, 0.717) is 5.69 Å². The van der Waals surface area contributed by atoms with E-state index >= 15 is 0 Å². The van der Waals surface area contributed by atoms with Crippen LogP contribution in [0.5, 0.6) is 5.75 Å². The molecular weight excluding hydrogens is 433 g/mol. The van der Waals surface area contributed by atoms with Gasteiger partial charge in [-0.15, -0.1) is 13.2 Å². The summed E-state index contributed by atoms with van der Waals surface area (Å²) in [4.78, 5) is 30.3. The lowest BCUT2D eigenvalue weighted by Gasteiger charge is -2.37. The van der Waals surface area contributed by atoms with E-state index in [-0.39, 0.29) is 24.3 Å². The van der Waals surface area contributed by atoms with Crippen LogP contribution in [0, 0.1) is 0 Å². The summed E-state index contributed by atoms with van der Waals surface area (Å²) < 4.78 is 46.4. The first kappa shape index (κ1) is 23.3. The smallest absolute Gasteiger partial charge is 0.406 e. The number of ether oxygens (including phenoxy) is 2. The number of aromatic nitrogens is 1. The number of hydrogen-bond donors (Lipinski definition) is 3. The fourth-order valence-corrected chi connectivity index (χ4v) is 3.27. The molecule has 1 aromatic heterocycles. The number of hydrogen-bond acceptors (Lipinski definition) is 6. The number of rotatable bonds is 6. The summed E-state index contributed by atoms with van der Waals surface area (Å²) >= 11 is 0. The van der Waals surface area contributed by atoms with Gasteiger partial charge in [0.25, 0.3) is 0 Å². The van der Waals surface area contributed by atoms with E-state index in [1.54, 1.807) is 19.1 Å². The summed E-state index contributed by atoms with van der Waals surface area (Å²) in [5.74, 6) is -2.60. The van der Waals surface area contributed by atoms with Crippen LogP contribution in [-0.2, 0) is 9.53 Å². The molecule has 1 aromatic carbocycles. The van der Waals surface area contributed by atoms with Crippen LogP contribution in [0.25, 0.3) is 0 Å². The average Bonchev–Trinajstić information content (AvgIpc) is 2.75. The molecule has 2 unspecified atom stereocenters. The molecule has 2 heterocycles. The summed E-state index contributed by atoms with van der Waals surface area (Å²) in [6.07, 6.45) is -3.38. The molecule has 0 spiro atoms. The molecule has 0 fully saturated rings. The lowest BCUT2D eigenvalue weighted by Crippen LogP contribution is -2.53. The highest BCUT2D eigenvalue weighted by Crippen LogP contribution is 2.33. The van der Waals surface area contributed by atoms with Gasteiger partial charge >= 0.3 is 12.4 Å². The van der Waals surface area contributed by atoms with Crippen LogP contribution in [0.4, 0.5) is 29.5 Å². The first-order valence-corrected chi connectivity index (χ1v) is 9.52. The predicted molar refractivity (Wildman–Crippen MR) is 107 cm³/mol. The van der Waals surface area contributed by atoms with Gasteiger partial charge in [0.2, 0.25) is 5.91 Å². The second-order valence-electron chi connectivity index (χ2n) is 6.91. The molecule has 2 atom stereocenters. The summed E-state index contributed by atoms with van der Waals surface area (Å²) in [5, 5.41) is 16.1. The molecule has 2 aromatic rings. The van der Waals surface area contributed by atoms with Gasteiger partial charge in [0.15, 0.2) is 11.6 Å². The minimum absolute atomic E-state index is 0.0323. The number of alkyl halides is 3. The van der Waals surface area contributed by atoms with Gasteiger partial charge in [-0.05, 0) is 29.8 Å². The van der Waals surface area contributed by atoms with E-state index in [2.05, 4.69) is 20.4 Å². The highest BCUT2D eigenvalue weighted by molar-refractivity contribution is 6.08. The van der Waals surface area contributed by atoms with Crippen molar-refractivity contribution in [3.05, 3.63) is 48.2 Å². The number of carbonyl (C=O) groups excluding carboxylic acids is 2. The van der Waals surface area contributed by atoms with Crippen molar-refractivity contribution in [3.8, 4) is 5.75 Å². The van der Waals surface area contributed by atoms with Gasteiger partial charge in [0.1, 0.15) is 18.3 Å². The van der Waals surface area contributed by atoms with Gasteiger partial charge in [-0.3, -0.25) is 9.69 Å². The Morgan fingerprint density at radius 1 is 1.31 bits per heavy atom. The minimum Gasteiger partial charge on any atom is -0.406 e. The highest BCUT2D eigenvalue weighted by Gasteiger charge is 2.40. The van der Waals surface area contributed by atoms with Crippen molar-refractivity contribution in [2.24, 2.45) is 0 Å². The summed E-state index contributed by atoms with van der Waals surface area (Å²) in [6.45, 7) is 1.29. The second kappa shape index (κ2) is 9.01. The zero-order chi connectivity index (χ0) is 23.5. The Labute approximate surface area is 181 Å². The number of nitrogens with zero attached hydrogens (tertiary/aromatic N) is 2. The lowest BCUT2D eigenvalue weighted by molar-refractivity contribution is -0.274. The number of methoxy groups -OCH3 is 1. The topological polar surface area (TPSA) is 113 Å². The van der Waals surface area contributed by atoms with Gasteiger partial charge in [0, 0.05) is 19.7 Å². The highest BCUT2D eigenvalue weighted by atomic mass is 19.4. The Morgan fingerprint density at radius 3 is 2.59 bits per heavy atom. The van der Waals surface area contributed by atoms with Crippen LogP contribution in [0.2, 0.25) is 0 Å². The van der Waals surface area contributed by atoms with Crippen molar-refractivity contribution >= 4 is 23.4 Å². The number of amides is 3. The first-order chi connectivity index (χ1) is 15.1. The van der Waals surface area contributed by atoms with Crippen molar-refractivity contribution in [1.29, 1.82) is 0 Å². The molecule has 1 aliphatic rings. The van der Waals surface area contributed by atoms with E-state index < -0.39 is 35.9 Å². The average molecular weight is 454 g/mol. The lowest BCUT2D eigenvalue weighted by atomic mass is 9.96. The van der Waals surface area contributed by atoms with Crippen LogP contribution in [0.15, 0.2) is 42.6 Å². The zero-order valence-corrected chi connectivity index (χ0v) is 17.1. The Balaban J connectivity index is 1.91. The van der Waals surface area contributed by atoms with Gasteiger partial charge < -0.3 is 25.2 Å². The largest absolute Gasteiger partial charge is 0.573 e. The number of carbonyl (C=O) groups is 2. The molecule has 9 nitrogen and oxygen atoms in total. The van der Waals surface area contributed by atoms with E-state index in [9.17, 15) is 27.9 Å². The number of benzene rings is 1. The molecule has 0 bridgehead atoms. The Morgan fingerprint density at radius 2 is 2.00 bits per heavy atom. The standard InChI is InChI=1S/C20H21F3N4O5/c1-3-19(30,31-2)16(12-6-8-13(9-7-12)32-20(21,22)23)26-18(29)27-11-15(28)25-14-5-4-10-24-17(14)27/h4-10,16,30H,3,11H2,1-2H3,(H,25,28)(H,26,29). The van der Waals surface area contributed by atoms with Crippen LogP contribution in [-0.4, -0.2) is 47.8 Å². The third-order valence-corrected chi connectivity index (χ3v) is 4.89. The van der Waals surface area contributed by atoms with Gasteiger partial charge in [-0.25, -0.2) is 9.78 Å². The molecule has 0 saturated carbocycles. The van der Waals surface area contributed by atoms with Gasteiger partial charge in [0.05, 0.1) is 5.69 Å². The molecule has 3 amide bonds. The number of aliphatic hydroxyl groups is 1. The number of nitrogens with one attached hydrogen (secondary N) is 2. The van der Waals surface area contributed by atoms with Gasteiger partial charge in [-0.1, -0.05) is 19.1 Å². The molecule has 0 saturated heterocycles. The van der Waals surface area contributed by atoms with Crippen LogP contribution < -0.4 is 20.3 Å². The summed E-state index contributed by atoms with van der Waals surface area (Å²) in [7, 11) is 1.23. The van der Waals surface area contributed by atoms with Gasteiger partial charge in [-0.2, -0.15) is 0 Å². The zero-order valence-electron chi connectivity index (χ0n) is 17.1. The summed E-state index contributed by atoms with van der Waals surface area (Å²) in [6, 6.07) is 5.86. The molecule has 3 N–H and O–H groups in total. The van der Waals surface area contributed by atoms with E-state index in [1.165, 1.54) is 25.4 Å². The maximum Gasteiger partial charge on any atom is 0.573 e. The fourth-order valence-electron chi connectivity index (χ4n) is 3.27. The quantitative estimate of drug-likeness (QED) is 0.579. The minimum atomic E-state index is -4.86. The van der Waals surface area contributed by atoms with Crippen LogP contribution in [0.1, 0.15) is 24.9 Å². The molecule has 3 rings (SSSR count). The maximum absolute atomic E-state index is 13.1. The Kier molecular flexibility index (Phi) is 6.55. The predicted octanol–water partition coefficient (Wildman–Crippen LogP) is 2.93. The number of halogens is 3. The van der Waals surface area contributed by atoms with Crippen molar-refractivity contribution in [2.45, 2.75) is 31.5 Å². The molecule has 0 aliphatic carbocycles. The third-order valence-electron chi connectivity index (χ3n) is 4.89. The molecular formula is C20H21F3N4O5. The van der Waals surface area contributed by atoms with Crippen molar-refractivity contribution < 1.29 is 37.3 Å². The number of urea groups is 1. The molecule has 1 aliphatic heterocycles.